The first kappa shape index (κ1) is 16.7. The predicted molar refractivity (Wildman–Crippen MR) is 79.2 cm³/mol. The zero-order valence-corrected chi connectivity index (χ0v) is 13.2. The fraction of sp³-hybridized carbons (Fsp3) is 0.500. The largest absolute Gasteiger partial charge is 0.350 e. The zero-order valence-electron chi connectivity index (χ0n) is 12.4. The topological polar surface area (TPSA) is 66.5 Å². The molecule has 1 N–H and O–H groups in total. The first-order valence-corrected chi connectivity index (χ1v) is 8.10. The molecule has 1 amide bonds. The maximum absolute atomic E-state index is 12.3. The average Bonchev–Trinajstić information content (AvgIpc) is 2.38. The highest BCUT2D eigenvalue weighted by Gasteiger charge is 2.21. The van der Waals surface area contributed by atoms with Crippen molar-refractivity contribution < 1.29 is 13.2 Å². The van der Waals surface area contributed by atoms with E-state index in [2.05, 4.69) is 5.32 Å². The van der Waals surface area contributed by atoms with Crippen molar-refractivity contribution in [3.63, 3.8) is 0 Å². The molecule has 0 saturated carbocycles. The van der Waals surface area contributed by atoms with Crippen LogP contribution in [0.4, 0.5) is 0 Å². The second-order valence-corrected chi connectivity index (χ2v) is 7.03. The van der Waals surface area contributed by atoms with Crippen molar-refractivity contribution in [3.8, 4) is 0 Å². The molecule has 0 spiro atoms. The number of benzene rings is 1. The van der Waals surface area contributed by atoms with E-state index in [4.69, 9.17) is 0 Å². The highest BCUT2D eigenvalue weighted by atomic mass is 32.2. The smallest absolute Gasteiger partial charge is 0.251 e. The molecule has 0 unspecified atom stereocenters. The first-order valence-electron chi connectivity index (χ1n) is 6.66. The van der Waals surface area contributed by atoms with Gasteiger partial charge in [0.1, 0.15) is 0 Å². The fourth-order valence-electron chi connectivity index (χ4n) is 1.76. The number of hydrogen-bond donors (Lipinski definition) is 1. The molecule has 1 aromatic rings. The summed E-state index contributed by atoms with van der Waals surface area (Å²) < 4.78 is 25.9. The highest BCUT2D eigenvalue weighted by molar-refractivity contribution is 7.89. The van der Waals surface area contributed by atoms with Crippen LogP contribution < -0.4 is 5.32 Å². The fourth-order valence-corrected chi connectivity index (χ4v) is 3.07. The van der Waals surface area contributed by atoms with Gasteiger partial charge in [-0.05, 0) is 38.5 Å². The molecular weight excluding hydrogens is 276 g/mol. The Labute approximate surface area is 121 Å². The lowest BCUT2D eigenvalue weighted by Gasteiger charge is -2.17. The molecule has 0 radical (unpaired) electrons. The molecule has 0 heterocycles. The van der Waals surface area contributed by atoms with Crippen LogP contribution in [0.1, 0.15) is 37.6 Å². The summed E-state index contributed by atoms with van der Waals surface area (Å²) in [5, 5.41) is 2.74. The summed E-state index contributed by atoms with van der Waals surface area (Å²) in [4.78, 5) is 12.1. The third-order valence-electron chi connectivity index (χ3n) is 2.76. The molecule has 0 aliphatic carbocycles. The van der Waals surface area contributed by atoms with Gasteiger partial charge in [0.25, 0.3) is 5.91 Å². The van der Waals surface area contributed by atoms with E-state index in [-0.39, 0.29) is 16.8 Å². The molecular formula is C14H22N2O3S. The number of hydrogen-bond acceptors (Lipinski definition) is 3. The van der Waals surface area contributed by atoms with Gasteiger partial charge in [0, 0.05) is 25.2 Å². The van der Waals surface area contributed by atoms with E-state index in [0.717, 1.165) is 6.42 Å². The summed E-state index contributed by atoms with van der Waals surface area (Å²) in [6.45, 7) is 6.07. The Morgan fingerprint density at radius 2 is 2.00 bits per heavy atom. The predicted octanol–water partition coefficient (Wildman–Crippen LogP) is 1.86. The molecule has 1 rings (SSSR count). The number of nitrogens with one attached hydrogen (secondary N) is 1. The Morgan fingerprint density at radius 3 is 2.55 bits per heavy atom. The number of nitrogens with zero attached hydrogens (tertiary/aromatic N) is 1. The lowest BCUT2D eigenvalue weighted by molar-refractivity contribution is 0.0943. The van der Waals surface area contributed by atoms with Crippen molar-refractivity contribution in [2.75, 3.05) is 13.6 Å². The van der Waals surface area contributed by atoms with Gasteiger partial charge in [-0.2, -0.15) is 0 Å². The van der Waals surface area contributed by atoms with Crippen LogP contribution in [-0.4, -0.2) is 38.3 Å². The maximum Gasteiger partial charge on any atom is 0.251 e. The minimum Gasteiger partial charge on any atom is -0.350 e. The van der Waals surface area contributed by atoms with Gasteiger partial charge in [0.05, 0.1) is 4.90 Å². The van der Waals surface area contributed by atoms with Gasteiger partial charge in [0.15, 0.2) is 0 Å². The molecule has 0 fully saturated rings. The van der Waals surface area contributed by atoms with Crippen molar-refractivity contribution in [3.05, 3.63) is 29.8 Å². The quantitative estimate of drug-likeness (QED) is 0.871. The van der Waals surface area contributed by atoms with Crippen LogP contribution in [0, 0.1) is 0 Å². The van der Waals surface area contributed by atoms with Crippen molar-refractivity contribution >= 4 is 15.9 Å². The van der Waals surface area contributed by atoms with Crippen molar-refractivity contribution in [1.29, 1.82) is 0 Å². The summed E-state index contributed by atoms with van der Waals surface area (Å²) in [5.74, 6) is -0.268. The molecule has 6 heteroatoms. The van der Waals surface area contributed by atoms with E-state index in [1.54, 1.807) is 19.2 Å². The van der Waals surface area contributed by atoms with Crippen LogP contribution in [0.25, 0.3) is 0 Å². The Morgan fingerprint density at radius 1 is 1.35 bits per heavy atom. The second-order valence-electron chi connectivity index (χ2n) is 4.98. The number of sulfonamides is 1. The lowest BCUT2D eigenvalue weighted by Crippen LogP contribution is -2.31. The van der Waals surface area contributed by atoms with Crippen LogP contribution in [0.15, 0.2) is 29.2 Å². The maximum atomic E-state index is 12.3. The molecule has 20 heavy (non-hydrogen) atoms. The standard InChI is InChI=1S/C14H22N2O3S/c1-5-9-16(4)20(18,19)13-8-6-7-12(10-13)14(17)15-11(2)3/h6-8,10-11H,5,9H2,1-4H3,(H,15,17). The normalized spacial score (nSPS) is 11.9. The van der Waals surface area contributed by atoms with E-state index in [9.17, 15) is 13.2 Å². The molecule has 0 aliphatic rings. The van der Waals surface area contributed by atoms with E-state index in [0.29, 0.717) is 12.1 Å². The Balaban J connectivity index is 3.07. The van der Waals surface area contributed by atoms with Gasteiger partial charge < -0.3 is 5.32 Å². The number of carbonyl (C=O) groups is 1. The van der Waals surface area contributed by atoms with E-state index in [1.165, 1.54) is 16.4 Å². The number of amides is 1. The SMILES string of the molecule is CCCN(C)S(=O)(=O)c1cccc(C(=O)NC(C)C)c1. The van der Waals surface area contributed by atoms with Crippen LogP contribution >= 0.6 is 0 Å². The summed E-state index contributed by atoms with van der Waals surface area (Å²) in [6, 6.07) is 6.12. The average molecular weight is 298 g/mol. The van der Waals surface area contributed by atoms with Gasteiger partial charge in [-0.1, -0.05) is 13.0 Å². The second kappa shape index (κ2) is 6.85. The van der Waals surface area contributed by atoms with Crippen molar-refractivity contribution in [2.45, 2.75) is 38.1 Å². The van der Waals surface area contributed by atoms with E-state index >= 15 is 0 Å². The Kier molecular flexibility index (Phi) is 5.71. The van der Waals surface area contributed by atoms with Gasteiger partial charge in [-0.25, -0.2) is 12.7 Å². The molecule has 112 valence electrons. The van der Waals surface area contributed by atoms with Crippen molar-refractivity contribution in [2.24, 2.45) is 0 Å². The van der Waals surface area contributed by atoms with Crippen molar-refractivity contribution in [1.82, 2.24) is 9.62 Å². The molecule has 0 saturated heterocycles. The van der Waals surface area contributed by atoms with Gasteiger partial charge in [-0.15, -0.1) is 0 Å². The monoisotopic (exact) mass is 298 g/mol. The van der Waals surface area contributed by atoms with Gasteiger partial charge in [-0.3, -0.25) is 4.79 Å². The summed E-state index contributed by atoms with van der Waals surface area (Å²) in [5.41, 5.74) is 0.352. The van der Waals surface area contributed by atoms with Crippen LogP contribution in [0.3, 0.4) is 0 Å². The molecule has 0 bridgehead atoms. The third kappa shape index (κ3) is 4.05. The highest BCUT2D eigenvalue weighted by Crippen LogP contribution is 2.16. The molecule has 1 aromatic carbocycles. The minimum atomic E-state index is -3.53. The van der Waals surface area contributed by atoms with Crippen LogP contribution in [-0.2, 0) is 10.0 Å². The molecule has 0 aromatic heterocycles. The summed E-state index contributed by atoms with van der Waals surface area (Å²) in [6.07, 6.45) is 0.739. The first-order chi connectivity index (χ1) is 9.28. The van der Waals surface area contributed by atoms with E-state index < -0.39 is 10.0 Å². The molecule has 0 atom stereocenters. The number of rotatable bonds is 6. The van der Waals surface area contributed by atoms with Gasteiger partial charge in [0.2, 0.25) is 10.0 Å². The zero-order chi connectivity index (χ0) is 15.3. The Bertz CT molecular complexity index is 568. The van der Waals surface area contributed by atoms with Gasteiger partial charge >= 0.3 is 0 Å². The number of carbonyl (C=O) groups excluding carboxylic acids is 1. The van der Waals surface area contributed by atoms with Crippen LogP contribution in [0.2, 0.25) is 0 Å². The third-order valence-corrected chi connectivity index (χ3v) is 4.62. The van der Waals surface area contributed by atoms with E-state index in [1.807, 2.05) is 20.8 Å². The summed E-state index contributed by atoms with van der Waals surface area (Å²) >= 11 is 0. The summed E-state index contributed by atoms with van der Waals surface area (Å²) in [7, 11) is -1.99. The lowest BCUT2D eigenvalue weighted by atomic mass is 10.2. The van der Waals surface area contributed by atoms with Crippen LogP contribution in [0.5, 0.6) is 0 Å². The molecule has 5 nitrogen and oxygen atoms in total. The Hall–Kier alpha value is -1.40. The molecule has 0 aliphatic heterocycles. The minimum absolute atomic E-state index is 0.00512.